The molecule has 0 fully saturated rings. The third kappa shape index (κ3) is 4.51. The lowest BCUT2D eigenvalue weighted by molar-refractivity contribution is 0.414. The zero-order chi connectivity index (χ0) is 15.1. The van der Waals surface area contributed by atoms with E-state index in [1.807, 2.05) is 19.1 Å². The molecule has 0 spiro atoms. The van der Waals surface area contributed by atoms with Crippen molar-refractivity contribution in [2.45, 2.75) is 39.2 Å². The van der Waals surface area contributed by atoms with Crippen LogP contribution in [0.15, 0.2) is 24.3 Å². The van der Waals surface area contributed by atoms with Crippen LogP contribution < -0.4 is 10.1 Å². The van der Waals surface area contributed by atoms with Crippen LogP contribution in [0.5, 0.6) is 5.75 Å². The van der Waals surface area contributed by atoms with Gasteiger partial charge in [-0.15, -0.1) is 5.10 Å². The molecule has 0 saturated heterocycles. The first-order valence-corrected chi connectivity index (χ1v) is 8.17. The van der Waals surface area contributed by atoms with E-state index in [1.165, 1.54) is 22.0 Å². The third-order valence-electron chi connectivity index (χ3n) is 3.52. The van der Waals surface area contributed by atoms with Crippen molar-refractivity contribution in [2.24, 2.45) is 0 Å². The quantitative estimate of drug-likeness (QED) is 0.810. The monoisotopic (exact) mass is 305 g/mol. The number of nitrogens with zero attached hydrogens (tertiary/aromatic N) is 2. The highest BCUT2D eigenvalue weighted by atomic mass is 32.1. The Labute approximate surface area is 130 Å². The molecule has 4 nitrogen and oxygen atoms in total. The van der Waals surface area contributed by atoms with Crippen LogP contribution >= 0.6 is 11.5 Å². The van der Waals surface area contributed by atoms with Crippen LogP contribution in [0.3, 0.4) is 0 Å². The van der Waals surface area contributed by atoms with Gasteiger partial charge < -0.3 is 10.1 Å². The van der Waals surface area contributed by atoms with Crippen molar-refractivity contribution in [3.8, 4) is 5.75 Å². The van der Waals surface area contributed by atoms with Crippen molar-refractivity contribution in [3.63, 3.8) is 0 Å². The van der Waals surface area contributed by atoms with Crippen molar-refractivity contribution >= 4 is 11.5 Å². The minimum Gasteiger partial charge on any atom is -0.497 e. The van der Waals surface area contributed by atoms with Crippen molar-refractivity contribution < 1.29 is 4.74 Å². The third-order valence-corrected chi connectivity index (χ3v) is 4.46. The molecular weight excluding hydrogens is 282 g/mol. The van der Waals surface area contributed by atoms with Gasteiger partial charge in [0.05, 0.1) is 17.7 Å². The second-order valence-corrected chi connectivity index (χ2v) is 5.90. The topological polar surface area (TPSA) is 47.0 Å². The molecule has 1 aromatic carbocycles. The number of aromatic nitrogens is 2. The number of ether oxygens (including phenoxy) is 1. The van der Waals surface area contributed by atoms with Crippen LogP contribution in [-0.4, -0.2) is 23.2 Å². The van der Waals surface area contributed by atoms with E-state index in [4.69, 9.17) is 4.74 Å². The molecule has 1 atom stereocenters. The van der Waals surface area contributed by atoms with Crippen molar-refractivity contribution in [1.29, 1.82) is 0 Å². The fourth-order valence-electron chi connectivity index (χ4n) is 2.30. The fraction of sp³-hybridized carbons (Fsp3) is 0.500. The number of hydrogen-bond donors (Lipinski definition) is 1. The van der Waals surface area contributed by atoms with Crippen molar-refractivity contribution in [1.82, 2.24) is 14.9 Å². The SMILES string of the molecule is CCCNC(CCc1ccc(OC)cc1)c1snnc1C. The molecule has 5 heteroatoms. The summed E-state index contributed by atoms with van der Waals surface area (Å²) in [6.45, 7) is 5.24. The predicted octanol–water partition coefficient (Wildman–Crippen LogP) is 3.53. The van der Waals surface area contributed by atoms with Crippen LogP contribution in [0, 0.1) is 6.92 Å². The standard InChI is InChI=1S/C16H23N3OS/c1-4-11-17-15(16-12(2)18-19-21-16)10-7-13-5-8-14(20-3)9-6-13/h5-6,8-9,15,17H,4,7,10-11H2,1-3H3. The summed E-state index contributed by atoms with van der Waals surface area (Å²) >= 11 is 1.51. The van der Waals surface area contributed by atoms with Gasteiger partial charge in [0.25, 0.3) is 0 Å². The number of benzene rings is 1. The summed E-state index contributed by atoms with van der Waals surface area (Å²) in [4.78, 5) is 1.26. The molecule has 21 heavy (non-hydrogen) atoms. The van der Waals surface area contributed by atoms with E-state index in [2.05, 4.69) is 34.0 Å². The maximum atomic E-state index is 5.20. The summed E-state index contributed by atoms with van der Waals surface area (Å²) in [5.74, 6) is 0.905. The smallest absolute Gasteiger partial charge is 0.118 e. The normalized spacial score (nSPS) is 12.3. The van der Waals surface area contributed by atoms with E-state index in [1.54, 1.807) is 7.11 Å². The highest BCUT2D eigenvalue weighted by Gasteiger charge is 2.16. The molecule has 1 aromatic heterocycles. The van der Waals surface area contributed by atoms with Gasteiger partial charge in [0, 0.05) is 6.04 Å². The Bertz CT molecular complexity index is 539. The van der Waals surface area contributed by atoms with Gasteiger partial charge in [-0.25, -0.2) is 0 Å². The molecule has 0 aliphatic rings. The molecule has 1 unspecified atom stereocenters. The second-order valence-electron chi connectivity index (χ2n) is 5.12. The number of aryl methyl sites for hydroxylation is 2. The average Bonchev–Trinajstić information content (AvgIpc) is 2.94. The highest BCUT2D eigenvalue weighted by molar-refractivity contribution is 7.05. The fourth-order valence-corrected chi connectivity index (χ4v) is 3.06. The first kappa shape index (κ1) is 15.9. The summed E-state index contributed by atoms with van der Waals surface area (Å²) in [6, 6.07) is 8.64. The maximum absolute atomic E-state index is 5.20. The molecule has 2 rings (SSSR count). The summed E-state index contributed by atoms with van der Waals surface area (Å²) in [6.07, 6.45) is 3.21. The van der Waals surface area contributed by atoms with E-state index < -0.39 is 0 Å². The van der Waals surface area contributed by atoms with Gasteiger partial charge in [0.1, 0.15) is 5.75 Å². The Hall–Kier alpha value is -1.46. The van der Waals surface area contributed by atoms with E-state index >= 15 is 0 Å². The zero-order valence-corrected chi connectivity index (χ0v) is 13.7. The largest absolute Gasteiger partial charge is 0.497 e. The lowest BCUT2D eigenvalue weighted by atomic mass is 10.0. The Kier molecular flexibility index (Phi) is 6.14. The lowest BCUT2D eigenvalue weighted by Gasteiger charge is -2.17. The van der Waals surface area contributed by atoms with Crippen LogP contribution in [-0.2, 0) is 6.42 Å². The molecule has 0 radical (unpaired) electrons. The van der Waals surface area contributed by atoms with E-state index in [0.717, 1.165) is 37.3 Å². The van der Waals surface area contributed by atoms with E-state index in [-0.39, 0.29) is 0 Å². The maximum Gasteiger partial charge on any atom is 0.118 e. The van der Waals surface area contributed by atoms with Gasteiger partial charge in [-0.05, 0) is 62.0 Å². The molecule has 0 bridgehead atoms. The van der Waals surface area contributed by atoms with Gasteiger partial charge in [0.2, 0.25) is 0 Å². The van der Waals surface area contributed by atoms with Crippen LogP contribution in [0.2, 0.25) is 0 Å². The molecule has 0 aliphatic heterocycles. The van der Waals surface area contributed by atoms with Gasteiger partial charge in [-0.1, -0.05) is 23.5 Å². The van der Waals surface area contributed by atoms with Gasteiger partial charge in [-0.2, -0.15) is 0 Å². The Morgan fingerprint density at radius 2 is 2.05 bits per heavy atom. The zero-order valence-electron chi connectivity index (χ0n) is 12.9. The van der Waals surface area contributed by atoms with Crippen LogP contribution in [0.4, 0.5) is 0 Å². The minimum atomic E-state index is 0.340. The molecular formula is C16H23N3OS. The van der Waals surface area contributed by atoms with Crippen LogP contribution in [0.25, 0.3) is 0 Å². The van der Waals surface area contributed by atoms with Gasteiger partial charge in [0.15, 0.2) is 0 Å². The molecule has 2 aromatic rings. The van der Waals surface area contributed by atoms with Gasteiger partial charge in [-0.3, -0.25) is 0 Å². The molecule has 1 heterocycles. The lowest BCUT2D eigenvalue weighted by Crippen LogP contribution is -2.22. The number of hydrogen-bond acceptors (Lipinski definition) is 5. The summed E-state index contributed by atoms with van der Waals surface area (Å²) in [7, 11) is 1.69. The molecule has 0 saturated carbocycles. The molecule has 0 amide bonds. The number of methoxy groups -OCH3 is 1. The number of nitrogens with one attached hydrogen (secondary N) is 1. The van der Waals surface area contributed by atoms with E-state index in [9.17, 15) is 0 Å². The van der Waals surface area contributed by atoms with Crippen molar-refractivity contribution in [2.75, 3.05) is 13.7 Å². The Morgan fingerprint density at radius 1 is 1.29 bits per heavy atom. The minimum absolute atomic E-state index is 0.340. The second kappa shape index (κ2) is 8.10. The first-order valence-electron chi connectivity index (χ1n) is 7.39. The van der Waals surface area contributed by atoms with Crippen LogP contribution in [0.1, 0.15) is 41.9 Å². The summed E-state index contributed by atoms with van der Waals surface area (Å²) in [5, 5.41) is 7.75. The van der Waals surface area contributed by atoms with Gasteiger partial charge >= 0.3 is 0 Å². The Morgan fingerprint density at radius 3 is 2.62 bits per heavy atom. The average molecular weight is 305 g/mol. The predicted molar refractivity (Wildman–Crippen MR) is 87.0 cm³/mol. The highest BCUT2D eigenvalue weighted by Crippen LogP contribution is 2.25. The summed E-state index contributed by atoms with van der Waals surface area (Å²) < 4.78 is 9.26. The first-order chi connectivity index (χ1) is 10.2. The summed E-state index contributed by atoms with van der Waals surface area (Å²) in [5.41, 5.74) is 2.37. The van der Waals surface area contributed by atoms with E-state index in [0.29, 0.717) is 6.04 Å². The van der Waals surface area contributed by atoms with Crippen molar-refractivity contribution in [3.05, 3.63) is 40.4 Å². The molecule has 114 valence electrons. The Balaban J connectivity index is 1.99. The molecule has 0 aliphatic carbocycles. The molecule has 1 N–H and O–H groups in total. The number of rotatable bonds is 8.